The van der Waals surface area contributed by atoms with Crippen molar-refractivity contribution in [1.29, 1.82) is 0 Å². The lowest BCUT2D eigenvalue weighted by atomic mass is 10.1. The lowest BCUT2D eigenvalue weighted by Gasteiger charge is -2.08. The van der Waals surface area contributed by atoms with Gasteiger partial charge in [0.05, 0.1) is 5.56 Å². The molecule has 0 saturated heterocycles. The molecule has 0 aliphatic heterocycles. The molecule has 0 bridgehead atoms. The van der Waals surface area contributed by atoms with Crippen LogP contribution in [0.25, 0.3) is 0 Å². The van der Waals surface area contributed by atoms with Gasteiger partial charge in [0.25, 0.3) is 5.91 Å². The van der Waals surface area contributed by atoms with Crippen molar-refractivity contribution in [3.05, 3.63) is 64.4 Å². The summed E-state index contributed by atoms with van der Waals surface area (Å²) in [6.45, 7) is 0. The van der Waals surface area contributed by atoms with Crippen molar-refractivity contribution in [2.24, 2.45) is 10.9 Å². The molecule has 0 spiro atoms. The summed E-state index contributed by atoms with van der Waals surface area (Å²) in [5, 5.41) is 14.3. The summed E-state index contributed by atoms with van der Waals surface area (Å²) >= 11 is 5.74. The van der Waals surface area contributed by atoms with Gasteiger partial charge in [0.2, 0.25) is 0 Å². The summed E-state index contributed by atoms with van der Waals surface area (Å²) in [5.41, 5.74) is 6.09. The van der Waals surface area contributed by atoms with Gasteiger partial charge < -0.3 is 16.3 Å². The summed E-state index contributed by atoms with van der Waals surface area (Å²) in [6.07, 6.45) is 0. The Bertz CT molecular complexity index is 719. The number of amides is 1. The molecule has 4 N–H and O–H groups in total. The SMILES string of the molecule is N/C(=N/O)c1cccc(NC(=O)c2cc(Cl)ccc2F)c1. The van der Waals surface area contributed by atoms with E-state index >= 15 is 0 Å². The van der Waals surface area contributed by atoms with E-state index in [4.69, 9.17) is 22.5 Å². The molecule has 0 aliphatic carbocycles. The minimum absolute atomic E-state index is 0.0972. The number of halogens is 2. The van der Waals surface area contributed by atoms with E-state index in [2.05, 4.69) is 10.5 Å². The van der Waals surface area contributed by atoms with Crippen molar-refractivity contribution >= 4 is 29.0 Å². The second-order valence-corrected chi connectivity index (χ2v) is 4.58. The van der Waals surface area contributed by atoms with Gasteiger partial charge in [0.15, 0.2) is 5.84 Å². The summed E-state index contributed by atoms with van der Waals surface area (Å²) in [4.78, 5) is 12.0. The zero-order valence-electron chi connectivity index (χ0n) is 10.7. The Kier molecular flexibility index (Phi) is 4.39. The van der Waals surface area contributed by atoms with E-state index in [1.54, 1.807) is 18.2 Å². The molecule has 0 unspecified atom stereocenters. The number of nitrogens with one attached hydrogen (secondary N) is 1. The molecule has 0 atom stereocenters. The number of anilines is 1. The summed E-state index contributed by atoms with van der Waals surface area (Å²) in [7, 11) is 0. The van der Waals surface area contributed by atoms with Crippen LogP contribution in [0.4, 0.5) is 10.1 Å². The average Bonchev–Trinajstić information content (AvgIpc) is 2.49. The van der Waals surface area contributed by atoms with Crippen LogP contribution in [0.5, 0.6) is 0 Å². The maximum atomic E-state index is 13.6. The maximum absolute atomic E-state index is 13.6. The third-order valence-corrected chi connectivity index (χ3v) is 2.93. The number of hydrogen-bond donors (Lipinski definition) is 3. The molecule has 0 saturated carbocycles. The Morgan fingerprint density at radius 1 is 1.29 bits per heavy atom. The first-order valence-electron chi connectivity index (χ1n) is 5.85. The number of carbonyl (C=O) groups excluding carboxylic acids is 1. The first-order valence-corrected chi connectivity index (χ1v) is 6.23. The van der Waals surface area contributed by atoms with Gasteiger partial charge >= 0.3 is 0 Å². The Hall–Kier alpha value is -2.60. The molecular weight excluding hydrogens is 297 g/mol. The van der Waals surface area contributed by atoms with Crippen molar-refractivity contribution < 1.29 is 14.4 Å². The maximum Gasteiger partial charge on any atom is 0.258 e. The summed E-state index contributed by atoms with van der Waals surface area (Å²) in [5.74, 6) is -1.42. The quantitative estimate of drug-likeness (QED) is 0.352. The lowest BCUT2D eigenvalue weighted by Crippen LogP contribution is -2.16. The summed E-state index contributed by atoms with van der Waals surface area (Å²) in [6, 6.07) is 10.0. The van der Waals surface area contributed by atoms with Crippen molar-refractivity contribution in [1.82, 2.24) is 0 Å². The molecule has 2 aromatic carbocycles. The van der Waals surface area contributed by atoms with Crippen molar-refractivity contribution in [3.63, 3.8) is 0 Å². The third-order valence-electron chi connectivity index (χ3n) is 2.70. The van der Waals surface area contributed by atoms with Crippen LogP contribution >= 0.6 is 11.6 Å². The van der Waals surface area contributed by atoms with Crippen LogP contribution in [0.15, 0.2) is 47.6 Å². The number of amidine groups is 1. The number of hydrogen-bond acceptors (Lipinski definition) is 3. The van der Waals surface area contributed by atoms with E-state index in [1.165, 1.54) is 18.2 Å². The number of carbonyl (C=O) groups is 1. The number of rotatable bonds is 3. The van der Waals surface area contributed by atoms with E-state index in [1.807, 2.05) is 0 Å². The fraction of sp³-hybridized carbons (Fsp3) is 0. The van der Waals surface area contributed by atoms with E-state index in [0.29, 0.717) is 11.3 Å². The minimum Gasteiger partial charge on any atom is -0.409 e. The van der Waals surface area contributed by atoms with Gasteiger partial charge in [0, 0.05) is 16.3 Å². The highest BCUT2D eigenvalue weighted by molar-refractivity contribution is 6.31. The van der Waals surface area contributed by atoms with Gasteiger partial charge in [-0.2, -0.15) is 0 Å². The minimum atomic E-state index is -0.676. The Morgan fingerprint density at radius 3 is 2.76 bits per heavy atom. The molecule has 108 valence electrons. The molecule has 0 fully saturated rings. The average molecular weight is 308 g/mol. The first-order chi connectivity index (χ1) is 10.0. The molecule has 21 heavy (non-hydrogen) atoms. The van der Waals surface area contributed by atoms with Gasteiger partial charge in [-0.1, -0.05) is 28.9 Å². The molecule has 0 aliphatic rings. The second-order valence-electron chi connectivity index (χ2n) is 4.14. The predicted octanol–water partition coefficient (Wildman–Crippen LogP) is 2.83. The highest BCUT2D eigenvalue weighted by Crippen LogP contribution is 2.17. The van der Waals surface area contributed by atoms with Crippen LogP contribution in [-0.4, -0.2) is 17.0 Å². The fourth-order valence-corrected chi connectivity index (χ4v) is 1.86. The zero-order chi connectivity index (χ0) is 15.4. The van der Waals surface area contributed by atoms with E-state index in [0.717, 1.165) is 6.07 Å². The molecule has 0 aromatic heterocycles. The third kappa shape index (κ3) is 3.49. The van der Waals surface area contributed by atoms with Gasteiger partial charge in [-0.3, -0.25) is 4.79 Å². The molecular formula is C14H11ClFN3O2. The fourth-order valence-electron chi connectivity index (χ4n) is 1.68. The standard InChI is InChI=1S/C14H11ClFN3O2/c15-9-4-5-12(16)11(7-9)14(20)18-10-3-1-2-8(6-10)13(17)19-21/h1-7,21H,(H2,17,19)(H,18,20). The monoisotopic (exact) mass is 307 g/mol. The highest BCUT2D eigenvalue weighted by atomic mass is 35.5. The van der Waals surface area contributed by atoms with Crippen molar-refractivity contribution in [2.45, 2.75) is 0 Å². The number of oxime groups is 1. The first kappa shape index (κ1) is 14.8. The Morgan fingerprint density at radius 2 is 2.05 bits per heavy atom. The van der Waals surface area contributed by atoms with Crippen LogP contribution in [0.2, 0.25) is 5.02 Å². The lowest BCUT2D eigenvalue weighted by molar-refractivity contribution is 0.102. The Labute approximate surface area is 124 Å². The highest BCUT2D eigenvalue weighted by Gasteiger charge is 2.13. The molecule has 0 heterocycles. The van der Waals surface area contributed by atoms with E-state index in [-0.39, 0.29) is 16.4 Å². The summed E-state index contributed by atoms with van der Waals surface area (Å²) < 4.78 is 13.6. The van der Waals surface area contributed by atoms with Crippen LogP contribution in [0.1, 0.15) is 15.9 Å². The van der Waals surface area contributed by atoms with Crippen LogP contribution < -0.4 is 11.1 Å². The van der Waals surface area contributed by atoms with Crippen LogP contribution in [0.3, 0.4) is 0 Å². The van der Waals surface area contributed by atoms with E-state index in [9.17, 15) is 9.18 Å². The topological polar surface area (TPSA) is 87.7 Å². The zero-order valence-corrected chi connectivity index (χ0v) is 11.4. The molecule has 5 nitrogen and oxygen atoms in total. The predicted molar refractivity (Wildman–Crippen MR) is 78.3 cm³/mol. The van der Waals surface area contributed by atoms with Gasteiger partial charge in [0.1, 0.15) is 5.82 Å². The van der Waals surface area contributed by atoms with Crippen LogP contribution in [0, 0.1) is 5.82 Å². The largest absolute Gasteiger partial charge is 0.409 e. The molecule has 1 amide bonds. The van der Waals surface area contributed by atoms with E-state index < -0.39 is 11.7 Å². The van der Waals surface area contributed by atoms with Gasteiger partial charge in [-0.05, 0) is 30.3 Å². The number of nitrogens with zero attached hydrogens (tertiary/aromatic N) is 1. The van der Waals surface area contributed by atoms with Gasteiger partial charge in [-0.15, -0.1) is 0 Å². The molecule has 7 heteroatoms. The molecule has 0 radical (unpaired) electrons. The van der Waals surface area contributed by atoms with Gasteiger partial charge in [-0.25, -0.2) is 4.39 Å². The number of nitrogens with two attached hydrogens (primary N) is 1. The van der Waals surface area contributed by atoms with Crippen molar-refractivity contribution in [2.75, 3.05) is 5.32 Å². The molecule has 2 aromatic rings. The normalized spacial score (nSPS) is 11.2. The Balaban J connectivity index is 2.26. The molecule has 2 rings (SSSR count). The van der Waals surface area contributed by atoms with Crippen molar-refractivity contribution in [3.8, 4) is 0 Å². The second kappa shape index (κ2) is 6.23. The number of benzene rings is 2. The smallest absolute Gasteiger partial charge is 0.258 e. The van der Waals surface area contributed by atoms with Crippen LogP contribution in [-0.2, 0) is 0 Å².